The van der Waals surface area contributed by atoms with Crippen LogP contribution in [0.4, 0.5) is 4.79 Å². The summed E-state index contributed by atoms with van der Waals surface area (Å²) in [4.78, 5) is 12.1. The van der Waals surface area contributed by atoms with E-state index in [4.69, 9.17) is 4.74 Å². The van der Waals surface area contributed by atoms with Crippen molar-refractivity contribution in [2.24, 2.45) is 5.41 Å². The number of carbonyl (C=O) groups excluding carboxylic acids is 1. The molecule has 0 aromatic heterocycles. The van der Waals surface area contributed by atoms with Crippen molar-refractivity contribution in [3.63, 3.8) is 0 Å². The second-order valence-corrected chi connectivity index (χ2v) is 6.29. The minimum absolute atomic E-state index is 0.0137. The fourth-order valence-electron chi connectivity index (χ4n) is 2.99. The van der Waals surface area contributed by atoms with Crippen LogP contribution in [0.2, 0.25) is 0 Å². The van der Waals surface area contributed by atoms with Gasteiger partial charge < -0.3 is 20.5 Å². The van der Waals surface area contributed by atoms with E-state index < -0.39 is 0 Å². The molecule has 23 heavy (non-hydrogen) atoms. The van der Waals surface area contributed by atoms with Gasteiger partial charge in [-0.15, -0.1) is 0 Å². The third kappa shape index (κ3) is 4.48. The monoisotopic (exact) mass is 318 g/mol. The van der Waals surface area contributed by atoms with E-state index in [0.717, 1.165) is 30.6 Å². The number of aliphatic hydroxyl groups is 1. The van der Waals surface area contributed by atoms with Crippen LogP contribution in [0.3, 0.4) is 0 Å². The van der Waals surface area contributed by atoms with Crippen LogP contribution < -0.4 is 15.4 Å². The van der Waals surface area contributed by atoms with E-state index in [2.05, 4.69) is 17.2 Å². The molecule has 0 heterocycles. The number of para-hydroxylation sites is 1. The minimum Gasteiger partial charge on any atom is -0.489 e. The van der Waals surface area contributed by atoms with E-state index >= 15 is 0 Å². The summed E-state index contributed by atoms with van der Waals surface area (Å²) >= 11 is 0. The molecule has 0 aliphatic heterocycles. The number of ether oxygens (including phenoxy) is 1. The number of nitrogens with one attached hydrogen (secondary N) is 2. The summed E-state index contributed by atoms with van der Waals surface area (Å²) < 4.78 is 5.58. The summed E-state index contributed by atoms with van der Waals surface area (Å²) in [6.45, 7) is 6.57. The molecular formula is C18H26N2O3. The summed E-state index contributed by atoms with van der Waals surface area (Å²) in [6.07, 6.45) is 4.56. The number of urea groups is 1. The third-order valence-electron chi connectivity index (χ3n) is 4.52. The first-order valence-corrected chi connectivity index (χ1v) is 8.06. The quantitative estimate of drug-likeness (QED) is 0.677. The topological polar surface area (TPSA) is 70.6 Å². The van der Waals surface area contributed by atoms with Gasteiger partial charge in [0, 0.05) is 23.6 Å². The first kappa shape index (κ1) is 17.3. The van der Waals surface area contributed by atoms with Crippen molar-refractivity contribution < 1.29 is 14.6 Å². The molecule has 1 fully saturated rings. The third-order valence-corrected chi connectivity index (χ3v) is 4.52. The predicted octanol–water partition coefficient (Wildman–Crippen LogP) is 2.60. The van der Waals surface area contributed by atoms with Crippen molar-refractivity contribution >= 4 is 6.03 Å². The van der Waals surface area contributed by atoms with E-state index in [9.17, 15) is 9.90 Å². The number of hydrogen-bond acceptors (Lipinski definition) is 3. The van der Waals surface area contributed by atoms with Gasteiger partial charge in [-0.1, -0.05) is 44.2 Å². The zero-order chi connectivity index (χ0) is 16.7. The van der Waals surface area contributed by atoms with Crippen LogP contribution in [0.15, 0.2) is 36.9 Å². The second kappa shape index (κ2) is 8.02. The molecule has 1 saturated carbocycles. The van der Waals surface area contributed by atoms with Gasteiger partial charge in [-0.3, -0.25) is 0 Å². The number of carbonyl (C=O) groups is 1. The van der Waals surface area contributed by atoms with Crippen LogP contribution >= 0.6 is 0 Å². The van der Waals surface area contributed by atoms with Gasteiger partial charge in [0.05, 0.1) is 6.61 Å². The highest BCUT2D eigenvalue weighted by atomic mass is 16.5. The first-order valence-electron chi connectivity index (χ1n) is 8.06. The van der Waals surface area contributed by atoms with Gasteiger partial charge in [0.25, 0.3) is 0 Å². The van der Waals surface area contributed by atoms with E-state index in [1.807, 2.05) is 31.2 Å². The van der Waals surface area contributed by atoms with Gasteiger partial charge in [0.2, 0.25) is 0 Å². The lowest BCUT2D eigenvalue weighted by atomic mass is 9.86. The lowest BCUT2D eigenvalue weighted by Gasteiger charge is -2.30. The Labute approximate surface area is 137 Å². The maximum Gasteiger partial charge on any atom is 0.315 e. The maximum atomic E-state index is 12.1. The van der Waals surface area contributed by atoms with Gasteiger partial charge >= 0.3 is 6.03 Å². The number of aliphatic hydroxyl groups excluding tert-OH is 1. The van der Waals surface area contributed by atoms with E-state index in [0.29, 0.717) is 13.2 Å². The van der Waals surface area contributed by atoms with Crippen molar-refractivity contribution in [2.45, 2.75) is 38.8 Å². The molecule has 2 atom stereocenters. The molecule has 3 N–H and O–H groups in total. The molecular weight excluding hydrogens is 292 g/mol. The Morgan fingerprint density at radius 2 is 2.30 bits per heavy atom. The highest BCUT2D eigenvalue weighted by molar-refractivity contribution is 5.74. The largest absolute Gasteiger partial charge is 0.489 e. The lowest BCUT2D eigenvalue weighted by Crippen LogP contribution is -2.48. The molecule has 2 rings (SSSR count). The van der Waals surface area contributed by atoms with Gasteiger partial charge in [-0.2, -0.15) is 0 Å². The Morgan fingerprint density at radius 1 is 1.52 bits per heavy atom. The van der Waals surface area contributed by atoms with E-state index in [1.165, 1.54) is 0 Å². The Bertz CT molecular complexity index is 547. The molecule has 1 aromatic carbocycles. The smallest absolute Gasteiger partial charge is 0.315 e. The van der Waals surface area contributed by atoms with Crippen LogP contribution in [-0.2, 0) is 6.54 Å². The summed E-state index contributed by atoms with van der Waals surface area (Å²) in [5.74, 6) is 0.744. The normalized spacial score (nSPS) is 23.3. The van der Waals surface area contributed by atoms with Gasteiger partial charge in [0.1, 0.15) is 12.4 Å². The Morgan fingerprint density at radius 3 is 3.04 bits per heavy atom. The molecule has 2 amide bonds. The molecule has 2 unspecified atom stereocenters. The van der Waals surface area contributed by atoms with E-state index in [-0.39, 0.29) is 24.1 Å². The summed E-state index contributed by atoms with van der Waals surface area (Å²) in [5.41, 5.74) is 0.698. The number of benzene rings is 1. The first-order chi connectivity index (χ1) is 11.1. The molecule has 5 nitrogen and oxygen atoms in total. The highest BCUT2D eigenvalue weighted by Crippen LogP contribution is 2.37. The zero-order valence-corrected chi connectivity index (χ0v) is 13.7. The standard InChI is InChI=1S/C18H26N2O3/c1-3-11-23-15-8-5-4-7-14(15)12-19-17(22)20-16-9-6-10-18(16,2)13-21/h3-5,7-8,16,21H,1,6,9-13H2,2H3,(H2,19,20,22). The molecule has 5 heteroatoms. The lowest BCUT2D eigenvalue weighted by molar-refractivity contribution is 0.121. The zero-order valence-electron chi connectivity index (χ0n) is 13.7. The van der Waals surface area contributed by atoms with Crippen molar-refractivity contribution in [2.75, 3.05) is 13.2 Å². The fraction of sp³-hybridized carbons (Fsp3) is 0.500. The average molecular weight is 318 g/mol. The Kier molecular flexibility index (Phi) is 6.04. The van der Waals surface area contributed by atoms with E-state index in [1.54, 1.807) is 6.08 Å². The average Bonchev–Trinajstić information content (AvgIpc) is 2.93. The van der Waals surface area contributed by atoms with Crippen molar-refractivity contribution in [1.82, 2.24) is 10.6 Å². The van der Waals surface area contributed by atoms with Crippen LogP contribution in [-0.4, -0.2) is 30.4 Å². The molecule has 1 aliphatic rings. The number of amides is 2. The van der Waals surface area contributed by atoms with Crippen molar-refractivity contribution in [1.29, 1.82) is 0 Å². The summed E-state index contributed by atoms with van der Waals surface area (Å²) in [7, 11) is 0. The second-order valence-electron chi connectivity index (χ2n) is 6.29. The molecule has 0 radical (unpaired) electrons. The number of rotatable bonds is 7. The molecule has 0 saturated heterocycles. The molecule has 0 spiro atoms. The Hall–Kier alpha value is -2.01. The minimum atomic E-state index is -0.220. The van der Waals surface area contributed by atoms with Gasteiger partial charge in [-0.05, 0) is 18.9 Å². The highest BCUT2D eigenvalue weighted by Gasteiger charge is 2.39. The molecule has 0 bridgehead atoms. The van der Waals surface area contributed by atoms with Gasteiger partial charge in [-0.25, -0.2) is 4.79 Å². The summed E-state index contributed by atoms with van der Waals surface area (Å²) in [6, 6.07) is 7.40. The van der Waals surface area contributed by atoms with Crippen molar-refractivity contribution in [3.8, 4) is 5.75 Å². The Balaban J connectivity index is 1.88. The van der Waals surface area contributed by atoms with Crippen LogP contribution in [0.5, 0.6) is 5.75 Å². The number of hydrogen-bond donors (Lipinski definition) is 3. The van der Waals surface area contributed by atoms with Crippen LogP contribution in [0.1, 0.15) is 31.7 Å². The fourth-order valence-corrected chi connectivity index (χ4v) is 2.99. The van der Waals surface area contributed by atoms with Gasteiger partial charge in [0.15, 0.2) is 0 Å². The predicted molar refractivity (Wildman–Crippen MR) is 90.3 cm³/mol. The van der Waals surface area contributed by atoms with Crippen molar-refractivity contribution in [3.05, 3.63) is 42.5 Å². The summed E-state index contributed by atoms with van der Waals surface area (Å²) in [5, 5.41) is 15.4. The van der Waals surface area contributed by atoms with Crippen LogP contribution in [0, 0.1) is 5.41 Å². The van der Waals surface area contributed by atoms with Crippen LogP contribution in [0.25, 0.3) is 0 Å². The molecule has 1 aliphatic carbocycles. The maximum absolute atomic E-state index is 12.1. The SMILES string of the molecule is C=CCOc1ccccc1CNC(=O)NC1CCCC1(C)CO. The molecule has 126 valence electrons. The molecule has 1 aromatic rings.